The number of piperidine rings is 1. The van der Waals surface area contributed by atoms with Crippen LogP contribution in [0.4, 0.5) is 5.69 Å². The Labute approximate surface area is 173 Å². The van der Waals surface area contributed by atoms with Crippen LogP contribution in [-0.4, -0.2) is 53.6 Å². The number of carbonyl (C=O) groups excluding carboxylic acids is 5. The highest BCUT2D eigenvalue weighted by Gasteiger charge is 2.45. The van der Waals surface area contributed by atoms with Crippen LogP contribution >= 0.6 is 0 Å². The number of nitrogens with zero attached hydrogens (tertiary/aromatic N) is 1. The van der Waals surface area contributed by atoms with E-state index in [0.29, 0.717) is 5.69 Å². The second-order valence-electron chi connectivity index (χ2n) is 7.98. The first kappa shape index (κ1) is 20.1. The molecule has 4 rings (SSSR count). The second kappa shape index (κ2) is 7.89. The molecular weight excluding hydrogens is 388 g/mol. The van der Waals surface area contributed by atoms with Crippen molar-refractivity contribution in [2.24, 2.45) is 5.92 Å². The lowest BCUT2D eigenvalue weighted by molar-refractivity contribution is -0.136. The lowest BCUT2D eigenvalue weighted by atomic mass is 9.85. The third kappa shape index (κ3) is 3.44. The molecular formula is C21H24N4O5. The van der Waals surface area contributed by atoms with Crippen molar-refractivity contribution in [1.82, 2.24) is 15.5 Å². The molecule has 158 valence electrons. The minimum atomic E-state index is -0.981. The number of hydrogen-bond donors (Lipinski definition) is 3. The first-order chi connectivity index (χ1) is 14.4. The molecule has 2 heterocycles. The number of rotatable bonds is 4. The van der Waals surface area contributed by atoms with Crippen molar-refractivity contribution in [3.63, 3.8) is 0 Å². The predicted molar refractivity (Wildman–Crippen MR) is 107 cm³/mol. The molecule has 0 radical (unpaired) electrons. The number of amides is 5. The quantitative estimate of drug-likeness (QED) is 0.629. The minimum absolute atomic E-state index is 0.000707. The third-order valence-corrected chi connectivity index (χ3v) is 6.17. The van der Waals surface area contributed by atoms with Crippen LogP contribution < -0.4 is 16.0 Å². The molecule has 1 unspecified atom stereocenters. The standard InChI is InChI=1S/C21H24N4O5/c1-22-18(27)11-5-7-12(8-6-11)23-14-4-2-3-13-17(14)21(30)25(20(13)29)15-9-10-16(26)24-19(15)28/h2-4,11-12,15,23H,5-10H2,1H3,(H,22,27)(H,24,26,28). The predicted octanol–water partition coefficient (Wildman–Crippen LogP) is 0.804. The molecule has 0 spiro atoms. The van der Waals surface area contributed by atoms with Crippen molar-refractivity contribution in [2.75, 3.05) is 12.4 Å². The van der Waals surface area contributed by atoms with E-state index in [0.717, 1.165) is 30.6 Å². The van der Waals surface area contributed by atoms with Gasteiger partial charge in [-0.15, -0.1) is 0 Å². The highest BCUT2D eigenvalue weighted by atomic mass is 16.2. The van der Waals surface area contributed by atoms with Crippen LogP contribution in [0.25, 0.3) is 0 Å². The van der Waals surface area contributed by atoms with Gasteiger partial charge in [0.1, 0.15) is 6.04 Å². The first-order valence-corrected chi connectivity index (χ1v) is 10.2. The molecule has 30 heavy (non-hydrogen) atoms. The Hall–Kier alpha value is -3.23. The summed E-state index contributed by atoms with van der Waals surface area (Å²) in [6.07, 6.45) is 3.27. The number of imide groups is 2. The molecule has 0 aromatic heterocycles. The second-order valence-corrected chi connectivity index (χ2v) is 7.98. The summed E-state index contributed by atoms with van der Waals surface area (Å²) in [6.45, 7) is 0. The monoisotopic (exact) mass is 412 g/mol. The van der Waals surface area contributed by atoms with Gasteiger partial charge in [0, 0.05) is 31.1 Å². The zero-order valence-electron chi connectivity index (χ0n) is 16.7. The Morgan fingerprint density at radius 2 is 1.77 bits per heavy atom. The Morgan fingerprint density at radius 1 is 1.03 bits per heavy atom. The smallest absolute Gasteiger partial charge is 0.264 e. The Morgan fingerprint density at radius 3 is 2.43 bits per heavy atom. The van der Waals surface area contributed by atoms with Gasteiger partial charge in [-0.25, -0.2) is 0 Å². The van der Waals surface area contributed by atoms with E-state index in [4.69, 9.17) is 0 Å². The van der Waals surface area contributed by atoms with E-state index in [9.17, 15) is 24.0 Å². The summed E-state index contributed by atoms with van der Waals surface area (Å²) >= 11 is 0. The molecule has 3 N–H and O–H groups in total. The van der Waals surface area contributed by atoms with Crippen LogP contribution in [-0.2, 0) is 14.4 Å². The van der Waals surface area contributed by atoms with Crippen molar-refractivity contribution in [3.8, 4) is 0 Å². The number of anilines is 1. The average molecular weight is 412 g/mol. The van der Waals surface area contributed by atoms with Gasteiger partial charge in [-0.1, -0.05) is 6.07 Å². The van der Waals surface area contributed by atoms with E-state index in [1.165, 1.54) is 0 Å². The third-order valence-electron chi connectivity index (χ3n) is 6.17. The van der Waals surface area contributed by atoms with E-state index in [2.05, 4.69) is 16.0 Å². The lowest BCUT2D eigenvalue weighted by Gasteiger charge is -2.29. The summed E-state index contributed by atoms with van der Waals surface area (Å²) in [5, 5.41) is 8.25. The molecule has 1 atom stereocenters. The molecule has 1 aliphatic carbocycles. The number of carbonyl (C=O) groups is 5. The first-order valence-electron chi connectivity index (χ1n) is 10.2. The number of fused-ring (bicyclic) bond motifs is 1. The van der Waals surface area contributed by atoms with Crippen LogP contribution in [0.5, 0.6) is 0 Å². The fraction of sp³-hybridized carbons (Fsp3) is 0.476. The van der Waals surface area contributed by atoms with Gasteiger partial charge in [0.15, 0.2) is 0 Å². The molecule has 1 aromatic carbocycles. The molecule has 9 nitrogen and oxygen atoms in total. The molecule has 2 fully saturated rings. The van der Waals surface area contributed by atoms with Gasteiger partial charge in [0.2, 0.25) is 17.7 Å². The van der Waals surface area contributed by atoms with Crippen LogP contribution in [0, 0.1) is 5.92 Å². The SMILES string of the molecule is CNC(=O)C1CCC(Nc2cccc3c2C(=O)N(C2CCC(=O)NC2=O)C3=O)CC1. The van der Waals surface area contributed by atoms with Gasteiger partial charge in [-0.3, -0.25) is 34.2 Å². The van der Waals surface area contributed by atoms with Gasteiger partial charge in [-0.2, -0.15) is 0 Å². The van der Waals surface area contributed by atoms with Crippen LogP contribution in [0.1, 0.15) is 59.2 Å². The van der Waals surface area contributed by atoms with Crippen LogP contribution in [0.3, 0.4) is 0 Å². The zero-order chi connectivity index (χ0) is 21.4. The van der Waals surface area contributed by atoms with Crippen molar-refractivity contribution >= 4 is 35.2 Å². The van der Waals surface area contributed by atoms with Crippen molar-refractivity contribution < 1.29 is 24.0 Å². The van der Waals surface area contributed by atoms with Gasteiger partial charge in [-0.05, 0) is 44.2 Å². The molecule has 1 aromatic rings. The molecule has 0 bridgehead atoms. The summed E-state index contributed by atoms with van der Waals surface area (Å²) in [7, 11) is 1.64. The van der Waals surface area contributed by atoms with Gasteiger partial charge >= 0.3 is 0 Å². The average Bonchev–Trinajstić information content (AvgIpc) is 2.99. The fourth-order valence-corrected chi connectivity index (χ4v) is 4.56. The Bertz CT molecular complexity index is 935. The van der Waals surface area contributed by atoms with Gasteiger partial charge in [0.25, 0.3) is 11.8 Å². The number of nitrogens with one attached hydrogen (secondary N) is 3. The Kier molecular flexibility index (Phi) is 5.27. The summed E-state index contributed by atoms with van der Waals surface area (Å²) in [5.74, 6) is -2.01. The maximum absolute atomic E-state index is 13.1. The van der Waals surface area contributed by atoms with Crippen molar-refractivity contribution in [3.05, 3.63) is 29.3 Å². The highest BCUT2D eigenvalue weighted by Crippen LogP contribution is 2.34. The normalized spacial score (nSPS) is 26.3. The topological polar surface area (TPSA) is 125 Å². The van der Waals surface area contributed by atoms with Crippen molar-refractivity contribution in [1.29, 1.82) is 0 Å². The highest BCUT2D eigenvalue weighted by molar-refractivity contribution is 6.25. The summed E-state index contributed by atoms with van der Waals surface area (Å²) in [6, 6.07) is 4.14. The van der Waals surface area contributed by atoms with Gasteiger partial charge in [0.05, 0.1) is 11.1 Å². The summed E-state index contributed by atoms with van der Waals surface area (Å²) in [5.41, 5.74) is 1.08. The zero-order valence-corrected chi connectivity index (χ0v) is 16.7. The van der Waals surface area contributed by atoms with Crippen molar-refractivity contribution in [2.45, 2.75) is 50.6 Å². The van der Waals surface area contributed by atoms with E-state index in [1.807, 2.05) is 0 Å². The largest absolute Gasteiger partial charge is 0.382 e. The maximum atomic E-state index is 13.1. The molecule has 1 saturated carbocycles. The minimum Gasteiger partial charge on any atom is -0.382 e. The summed E-state index contributed by atoms with van der Waals surface area (Å²) < 4.78 is 0. The molecule has 2 aliphatic heterocycles. The molecule has 1 saturated heterocycles. The lowest BCUT2D eigenvalue weighted by Crippen LogP contribution is -2.54. The Balaban J connectivity index is 1.52. The van der Waals surface area contributed by atoms with Gasteiger partial charge < -0.3 is 10.6 Å². The van der Waals surface area contributed by atoms with Crippen LogP contribution in [0.15, 0.2) is 18.2 Å². The maximum Gasteiger partial charge on any atom is 0.264 e. The van der Waals surface area contributed by atoms with E-state index < -0.39 is 29.7 Å². The molecule has 5 amide bonds. The van der Waals surface area contributed by atoms with E-state index in [-0.39, 0.29) is 41.8 Å². The fourth-order valence-electron chi connectivity index (χ4n) is 4.56. The molecule has 9 heteroatoms. The number of hydrogen-bond acceptors (Lipinski definition) is 6. The van der Waals surface area contributed by atoms with E-state index >= 15 is 0 Å². The molecule has 3 aliphatic rings. The number of benzene rings is 1. The van der Waals surface area contributed by atoms with Crippen LogP contribution in [0.2, 0.25) is 0 Å². The summed E-state index contributed by atoms with van der Waals surface area (Å²) in [4.78, 5) is 62.5. The van der Waals surface area contributed by atoms with E-state index in [1.54, 1.807) is 25.2 Å².